The van der Waals surface area contributed by atoms with Crippen LogP contribution >= 0.6 is 15.9 Å². The number of nitrogens with zero attached hydrogens (tertiary/aromatic N) is 2. The lowest BCUT2D eigenvalue weighted by Gasteiger charge is -2.03. The topological polar surface area (TPSA) is 86.2 Å². The van der Waals surface area contributed by atoms with Crippen LogP contribution in [0.3, 0.4) is 0 Å². The zero-order chi connectivity index (χ0) is 15.9. The molecule has 0 unspecified atom stereocenters. The normalized spacial score (nSPS) is 10.8. The maximum atomic E-state index is 12.0. The van der Waals surface area contributed by atoms with E-state index in [9.17, 15) is 14.9 Å². The summed E-state index contributed by atoms with van der Waals surface area (Å²) in [4.78, 5) is 26.8. The Morgan fingerprint density at radius 3 is 2.73 bits per heavy atom. The Bertz CT molecular complexity index is 965. The summed E-state index contributed by atoms with van der Waals surface area (Å²) in [7, 11) is 0. The molecule has 0 aliphatic heterocycles. The lowest BCUT2D eigenvalue weighted by Crippen LogP contribution is -2.03. The lowest BCUT2D eigenvalue weighted by atomic mass is 10.1. The van der Waals surface area contributed by atoms with E-state index in [0.717, 1.165) is 4.47 Å². The number of benzene rings is 2. The molecule has 0 radical (unpaired) electrons. The quantitative estimate of drug-likeness (QED) is 0.511. The fourth-order valence-electron chi connectivity index (χ4n) is 2.11. The van der Waals surface area contributed by atoms with Gasteiger partial charge < -0.3 is 4.42 Å². The predicted octanol–water partition coefficient (Wildman–Crippen LogP) is 3.83. The number of nitro benzene ring substituents is 1. The highest BCUT2D eigenvalue weighted by atomic mass is 79.9. The van der Waals surface area contributed by atoms with Crippen LogP contribution in [0.25, 0.3) is 22.4 Å². The molecule has 0 amide bonds. The van der Waals surface area contributed by atoms with Crippen molar-refractivity contribution in [3.05, 3.63) is 67.0 Å². The highest BCUT2D eigenvalue weighted by Crippen LogP contribution is 2.26. The van der Waals surface area contributed by atoms with E-state index in [1.807, 2.05) is 0 Å². The molecule has 0 aliphatic rings. The summed E-state index contributed by atoms with van der Waals surface area (Å²) < 4.78 is 5.94. The summed E-state index contributed by atoms with van der Waals surface area (Å²) in [6, 6.07) is 9.65. The van der Waals surface area contributed by atoms with Gasteiger partial charge in [0.15, 0.2) is 0 Å². The largest absolute Gasteiger partial charge is 0.403 e. The average Bonchev–Trinajstić information content (AvgIpc) is 2.48. The zero-order valence-electron chi connectivity index (χ0n) is 11.4. The van der Waals surface area contributed by atoms with Crippen LogP contribution < -0.4 is 5.63 Å². The number of hydrogen-bond acceptors (Lipinski definition) is 5. The summed E-state index contributed by atoms with van der Waals surface area (Å²) in [5.74, 6) is 0.0583. The van der Waals surface area contributed by atoms with Crippen molar-refractivity contribution in [1.29, 1.82) is 0 Å². The van der Waals surface area contributed by atoms with Gasteiger partial charge in [-0.15, -0.1) is 0 Å². The Balaban J connectivity index is 2.23. The number of fused-ring (bicyclic) bond motifs is 1. The highest BCUT2D eigenvalue weighted by Gasteiger charge is 2.15. The maximum Gasteiger partial charge on any atom is 0.347 e. The van der Waals surface area contributed by atoms with Gasteiger partial charge in [0.25, 0.3) is 5.69 Å². The van der Waals surface area contributed by atoms with Crippen LogP contribution in [-0.4, -0.2) is 9.91 Å². The van der Waals surface area contributed by atoms with Crippen molar-refractivity contribution in [2.24, 2.45) is 0 Å². The van der Waals surface area contributed by atoms with Crippen LogP contribution in [0, 0.1) is 17.0 Å². The fourth-order valence-corrected chi connectivity index (χ4v) is 2.47. The van der Waals surface area contributed by atoms with E-state index in [1.165, 1.54) is 6.07 Å². The molecule has 22 heavy (non-hydrogen) atoms. The molecule has 0 atom stereocenters. The minimum absolute atomic E-state index is 0.0437. The van der Waals surface area contributed by atoms with Crippen LogP contribution in [0.1, 0.15) is 5.56 Å². The molecule has 7 heteroatoms. The van der Waals surface area contributed by atoms with Crippen molar-refractivity contribution >= 4 is 32.5 Å². The van der Waals surface area contributed by atoms with E-state index in [0.29, 0.717) is 22.0 Å². The van der Waals surface area contributed by atoms with Crippen molar-refractivity contribution in [3.63, 3.8) is 0 Å². The number of rotatable bonds is 2. The van der Waals surface area contributed by atoms with Gasteiger partial charge in [0.05, 0.1) is 15.8 Å². The molecule has 3 rings (SSSR count). The van der Waals surface area contributed by atoms with Crippen molar-refractivity contribution in [1.82, 2.24) is 4.98 Å². The molecule has 110 valence electrons. The van der Waals surface area contributed by atoms with Crippen molar-refractivity contribution in [2.75, 3.05) is 0 Å². The van der Waals surface area contributed by atoms with E-state index in [4.69, 9.17) is 4.42 Å². The average molecular weight is 361 g/mol. The zero-order valence-corrected chi connectivity index (χ0v) is 13.0. The number of aromatic nitrogens is 1. The van der Waals surface area contributed by atoms with E-state index in [2.05, 4.69) is 20.9 Å². The minimum atomic E-state index is -0.537. The second-order valence-electron chi connectivity index (χ2n) is 4.73. The van der Waals surface area contributed by atoms with Gasteiger partial charge in [0, 0.05) is 21.7 Å². The Morgan fingerprint density at radius 1 is 1.23 bits per heavy atom. The second kappa shape index (κ2) is 5.34. The first-order valence-corrected chi connectivity index (χ1v) is 7.11. The van der Waals surface area contributed by atoms with E-state index in [-0.39, 0.29) is 11.6 Å². The third kappa shape index (κ3) is 2.50. The molecule has 0 aliphatic carbocycles. The van der Waals surface area contributed by atoms with Crippen molar-refractivity contribution in [2.45, 2.75) is 6.92 Å². The Labute approximate surface area is 132 Å². The van der Waals surface area contributed by atoms with Gasteiger partial charge in [-0.1, -0.05) is 22.0 Å². The molecule has 3 aromatic rings. The molecule has 0 fully saturated rings. The predicted molar refractivity (Wildman–Crippen MR) is 84.8 cm³/mol. The standard InChI is InChI=1S/C15H9BrN2O4/c1-8-2-3-9(6-13(8)18(20)21)14-17-12-5-4-10(16)7-11(12)15(19)22-14/h2-7H,1H3. The van der Waals surface area contributed by atoms with E-state index >= 15 is 0 Å². The van der Waals surface area contributed by atoms with Crippen LogP contribution in [0.5, 0.6) is 0 Å². The van der Waals surface area contributed by atoms with Gasteiger partial charge in [-0.3, -0.25) is 10.1 Å². The second-order valence-corrected chi connectivity index (χ2v) is 5.64. The molecule has 1 aromatic heterocycles. The van der Waals surface area contributed by atoms with Crippen LogP contribution in [0.2, 0.25) is 0 Å². The van der Waals surface area contributed by atoms with Crippen molar-refractivity contribution in [3.8, 4) is 11.5 Å². The molecule has 0 bridgehead atoms. The SMILES string of the molecule is Cc1ccc(-c2nc3ccc(Br)cc3c(=O)o2)cc1[N+](=O)[O-]. The molecule has 2 aromatic carbocycles. The summed E-state index contributed by atoms with van der Waals surface area (Å²) >= 11 is 3.28. The van der Waals surface area contributed by atoms with Crippen molar-refractivity contribution < 1.29 is 9.34 Å². The minimum Gasteiger partial charge on any atom is -0.403 e. The van der Waals surface area contributed by atoms with Gasteiger partial charge in [-0.05, 0) is 31.2 Å². The van der Waals surface area contributed by atoms with E-state index in [1.54, 1.807) is 37.3 Å². The molecular formula is C15H9BrN2O4. The summed E-state index contributed by atoms with van der Waals surface area (Å²) in [5, 5.41) is 11.4. The Kier molecular flexibility index (Phi) is 3.50. The molecule has 0 spiro atoms. The molecular weight excluding hydrogens is 352 g/mol. The highest BCUT2D eigenvalue weighted by molar-refractivity contribution is 9.10. The fraction of sp³-hybridized carbons (Fsp3) is 0.0667. The third-order valence-corrected chi connectivity index (χ3v) is 3.74. The first-order chi connectivity index (χ1) is 10.5. The molecule has 0 saturated carbocycles. The van der Waals surface area contributed by atoms with Crippen LogP contribution in [0.4, 0.5) is 5.69 Å². The van der Waals surface area contributed by atoms with Gasteiger partial charge in [-0.2, -0.15) is 0 Å². The molecule has 1 heterocycles. The van der Waals surface area contributed by atoms with Gasteiger partial charge in [-0.25, -0.2) is 9.78 Å². The molecule has 0 N–H and O–H groups in total. The van der Waals surface area contributed by atoms with Crippen LogP contribution in [0.15, 0.2) is 50.1 Å². The molecule has 6 nitrogen and oxygen atoms in total. The lowest BCUT2D eigenvalue weighted by molar-refractivity contribution is -0.385. The number of nitro groups is 1. The number of aryl methyl sites for hydroxylation is 1. The number of halogens is 1. The maximum absolute atomic E-state index is 12.0. The monoisotopic (exact) mass is 360 g/mol. The van der Waals surface area contributed by atoms with Gasteiger partial charge in [0.2, 0.25) is 5.89 Å². The Hall–Kier alpha value is -2.54. The van der Waals surface area contributed by atoms with Crippen LogP contribution in [-0.2, 0) is 0 Å². The van der Waals surface area contributed by atoms with Gasteiger partial charge in [0.1, 0.15) is 0 Å². The smallest absolute Gasteiger partial charge is 0.347 e. The third-order valence-electron chi connectivity index (χ3n) is 3.24. The summed E-state index contributed by atoms with van der Waals surface area (Å²) in [6.45, 7) is 1.64. The van der Waals surface area contributed by atoms with E-state index < -0.39 is 10.5 Å². The summed E-state index contributed by atoms with van der Waals surface area (Å²) in [5.41, 5.74) is 0.806. The molecule has 0 saturated heterocycles. The first kappa shape index (κ1) is 14.4. The van der Waals surface area contributed by atoms with Gasteiger partial charge >= 0.3 is 5.63 Å². The Morgan fingerprint density at radius 2 is 2.00 bits per heavy atom. The first-order valence-electron chi connectivity index (χ1n) is 6.31. The number of hydrogen-bond donors (Lipinski definition) is 0. The summed E-state index contributed by atoms with van der Waals surface area (Å²) in [6.07, 6.45) is 0.